The lowest BCUT2D eigenvalue weighted by molar-refractivity contribution is -0.265. The van der Waals surface area contributed by atoms with E-state index in [9.17, 15) is 40.6 Å². The molecule has 2 aliphatic rings. The highest BCUT2D eigenvalue weighted by Crippen LogP contribution is 2.54. The van der Waals surface area contributed by atoms with Crippen molar-refractivity contribution < 1.29 is 54.8 Å². The van der Waals surface area contributed by atoms with Crippen molar-refractivity contribution in [2.45, 2.75) is 42.4 Å². The van der Waals surface area contributed by atoms with Crippen LogP contribution in [-0.2, 0) is 11.1 Å². The molecule has 0 spiro atoms. The SMILES string of the molecule is COc1cc(C(=O)NCC(O)(c2cc3c(c(-c4ccc(F)cc4)n2)OC[C@@]3(N(N)/C=C\N)C(F)(F)F)C(F)(F)F)ccc1OC1CC1. The van der Waals surface area contributed by atoms with Gasteiger partial charge in [-0.2, -0.15) is 26.3 Å². The predicted molar refractivity (Wildman–Crippen MR) is 151 cm³/mol. The van der Waals surface area contributed by atoms with Crippen LogP contribution in [0, 0.1) is 5.82 Å². The average Bonchev–Trinajstić information content (AvgIpc) is 3.74. The zero-order valence-electron chi connectivity index (χ0n) is 24.5. The Labute approximate surface area is 262 Å². The van der Waals surface area contributed by atoms with Crippen LogP contribution in [-0.4, -0.2) is 59.7 Å². The zero-order chi connectivity index (χ0) is 34.4. The van der Waals surface area contributed by atoms with Crippen molar-refractivity contribution in [2.75, 3.05) is 20.3 Å². The summed E-state index contributed by atoms with van der Waals surface area (Å²) in [4.78, 5) is 16.9. The van der Waals surface area contributed by atoms with Crippen LogP contribution in [0.4, 0.5) is 30.7 Å². The minimum atomic E-state index is -5.61. The summed E-state index contributed by atoms with van der Waals surface area (Å²) in [5.74, 6) is 3.72. The molecule has 0 bridgehead atoms. The van der Waals surface area contributed by atoms with E-state index in [1.807, 2.05) is 5.32 Å². The molecule has 3 aromatic rings. The van der Waals surface area contributed by atoms with Crippen LogP contribution in [0.15, 0.2) is 60.9 Å². The fourth-order valence-electron chi connectivity index (χ4n) is 4.99. The third-order valence-electron chi connectivity index (χ3n) is 7.76. The molecule has 17 heteroatoms. The van der Waals surface area contributed by atoms with Gasteiger partial charge in [-0.15, -0.1) is 0 Å². The highest BCUT2D eigenvalue weighted by Gasteiger charge is 2.65. The van der Waals surface area contributed by atoms with E-state index in [1.54, 1.807) is 0 Å². The number of carbonyl (C=O) groups excluding carboxylic acids is 1. The average molecular weight is 672 g/mol. The number of pyridine rings is 1. The summed E-state index contributed by atoms with van der Waals surface area (Å²) in [5, 5.41) is 13.3. The Kier molecular flexibility index (Phi) is 8.65. The molecular formula is C30H28F7N5O5. The van der Waals surface area contributed by atoms with E-state index in [0.717, 1.165) is 37.1 Å². The number of fused-ring (bicyclic) bond motifs is 1. The number of nitrogens with two attached hydrogens (primary N) is 2. The molecule has 2 heterocycles. The first kappa shape index (κ1) is 33.6. The number of alkyl halides is 6. The first-order chi connectivity index (χ1) is 22.1. The highest BCUT2D eigenvalue weighted by atomic mass is 19.4. The summed E-state index contributed by atoms with van der Waals surface area (Å²) in [7, 11) is 1.30. The van der Waals surface area contributed by atoms with E-state index in [4.69, 9.17) is 25.8 Å². The number of ether oxygens (including phenoxy) is 3. The number of methoxy groups -OCH3 is 1. The minimum Gasteiger partial charge on any atom is -0.493 e. The summed E-state index contributed by atoms with van der Waals surface area (Å²) < 4.78 is 119. The van der Waals surface area contributed by atoms with Crippen LogP contribution in [0.2, 0.25) is 0 Å². The van der Waals surface area contributed by atoms with Gasteiger partial charge in [0.25, 0.3) is 5.91 Å². The number of hydrogen-bond donors (Lipinski definition) is 4. The maximum atomic E-state index is 14.8. The molecule has 1 aromatic heterocycles. The largest absolute Gasteiger partial charge is 0.493 e. The van der Waals surface area contributed by atoms with Gasteiger partial charge in [0.2, 0.25) is 11.1 Å². The maximum absolute atomic E-state index is 14.8. The maximum Gasteiger partial charge on any atom is 0.424 e. The van der Waals surface area contributed by atoms with E-state index >= 15 is 0 Å². The monoisotopic (exact) mass is 671 g/mol. The quantitative estimate of drug-likeness (QED) is 0.140. The minimum absolute atomic E-state index is 0.0239. The van der Waals surface area contributed by atoms with Gasteiger partial charge in [0.15, 0.2) is 17.2 Å². The van der Waals surface area contributed by atoms with Crippen molar-refractivity contribution in [1.29, 1.82) is 0 Å². The fraction of sp³-hybridized carbons (Fsp3) is 0.333. The molecular weight excluding hydrogens is 643 g/mol. The molecule has 252 valence electrons. The second kappa shape index (κ2) is 12.1. The molecule has 10 nitrogen and oxygen atoms in total. The van der Waals surface area contributed by atoms with Crippen LogP contribution in [0.5, 0.6) is 17.2 Å². The van der Waals surface area contributed by atoms with Gasteiger partial charge < -0.3 is 30.4 Å². The second-order valence-electron chi connectivity index (χ2n) is 10.9. The molecule has 1 aliphatic carbocycles. The molecule has 1 saturated carbocycles. The Balaban J connectivity index is 1.61. The van der Waals surface area contributed by atoms with Gasteiger partial charge in [-0.1, -0.05) is 0 Å². The number of carbonyl (C=O) groups is 1. The summed E-state index contributed by atoms with van der Waals surface area (Å²) >= 11 is 0. The molecule has 0 radical (unpaired) electrons. The number of aliphatic hydroxyl groups is 1. The Morgan fingerprint density at radius 3 is 2.38 bits per heavy atom. The van der Waals surface area contributed by atoms with E-state index in [-0.39, 0.29) is 28.0 Å². The lowest BCUT2D eigenvalue weighted by Gasteiger charge is -2.38. The molecule has 1 fully saturated rings. The van der Waals surface area contributed by atoms with Gasteiger partial charge in [0, 0.05) is 29.1 Å². The summed E-state index contributed by atoms with van der Waals surface area (Å²) in [5.41, 5.74) is -5.26. The number of rotatable bonds is 10. The van der Waals surface area contributed by atoms with Crippen molar-refractivity contribution in [3.05, 3.63) is 83.6 Å². The summed E-state index contributed by atoms with van der Waals surface area (Å²) in [6.45, 7) is -2.82. The Morgan fingerprint density at radius 1 is 1.13 bits per heavy atom. The van der Waals surface area contributed by atoms with E-state index < -0.39 is 71.1 Å². The van der Waals surface area contributed by atoms with Crippen molar-refractivity contribution in [3.63, 3.8) is 0 Å². The van der Waals surface area contributed by atoms with Crippen molar-refractivity contribution in [3.8, 4) is 28.5 Å². The Bertz CT molecular complexity index is 1680. The van der Waals surface area contributed by atoms with Crippen molar-refractivity contribution in [2.24, 2.45) is 11.6 Å². The fourth-order valence-corrected chi connectivity index (χ4v) is 4.99. The number of hydrazine groups is 1. The molecule has 0 saturated heterocycles. The van der Waals surface area contributed by atoms with Crippen LogP contribution in [0.3, 0.4) is 0 Å². The molecule has 47 heavy (non-hydrogen) atoms. The number of nitrogens with one attached hydrogen (secondary N) is 1. The van der Waals surface area contributed by atoms with Crippen LogP contribution in [0.25, 0.3) is 11.3 Å². The zero-order valence-corrected chi connectivity index (χ0v) is 24.5. The number of halogens is 7. The third kappa shape index (κ3) is 6.07. The van der Waals surface area contributed by atoms with Gasteiger partial charge >= 0.3 is 12.4 Å². The van der Waals surface area contributed by atoms with E-state index in [2.05, 4.69) is 4.98 Å². The topological polar surface area (TPSA) is 145 Å². The smallest absolute Gasteiger partial charge is 0.424 e. The number of benzene rings is 2. The van der Waals surface area contributed by atoms with E-state index in [0.29, 0.717) is 24.2 Å². The first-order valence-electron chi connectivity index (χ1n) is 13.9. The van der Waals surface area contributed by atoms with Crippen molar-refractivity contribution >= 4 is 5.91 Å². The predicted octanol–water partition coefficient (Wildman–Crippen LogP) is 4.37. The summed E-state index contributed by atoms with van der Waals surface area (Å²) in [6, 6.07) is 8.14. The Morgan fingerprint density at radius 2 is 1.81 bits per heavy atom. The Hall–Kier alpha value is -4.77. The van der Waals surface area contributed by atoms with Gasteiger partial charge in [-0.3, -0.25) is 9.80 Å². The lowest BCUT2D eigenvalue weighted by atomic mass is 9.86. The number of amides is 1. The van der Waals surface area contributed by atoms with Crippen molar-refractivity contribution in [1.82, 2.24) is 15.3 Å². The van der Waals surface area contributed by atoms with Crippen LogP contribution in [0.1, 0.15) is 34.5 Å². The third-order valence-corrected chi connectivity index (χ3v) is 7.76. The standard InChI is InChI=1S/C30H28F7N5O5/c1-45-22-12-17(4-9-21(22)47-19-7-8-19)26(43)40-14-28(44,30(35,36)37)23-13-20-25(24(41-23)16-2-5-18(31)6-3-16)46-15-27(20,29(32,33)34)42(39)11-10-38/h2-6,9-13,19,44H,7-8,14-15,38-39H2,1H3,(H,40,43)/b11-10-/t27-,28?/m0/s1. The highest BCUT2D eigenvalue weighted by molar-refractivity contribution is 5.95. The van der Waals surface area contributed by atoms with Crippen LogP contribution >= 0.6 is 0 Å². The van der Waals surface area contributed by atoms with Gasteiger partial charge in [0.05, 0.1) is 25.5 Å². The van der Waals surface area contributed by atoms with Gasteiger partial charge in [-0.05, 0) is 61.4 Å². The van der Waals surface area contributed by atoms with Gasteiger partial charge in [0.1, 0.15) is 18.1 Å². The summed E-state index contributed by atoms with van der Waals surface area (Å²) in [6.07, 6.45) is -7.96. The molecule has 1 aliphatic heterocycles. The molecule has 5 rings (SSSR count). The lowest BCUT2D eigenvalue weighted by Crippen LogP contribution is -2.58. The number of nitrogens with zero attached hydrogens (tertiary/aromatic N) is 2. The van der Waals surface area contributed by atoms with Gasteiger partial charge in [-0.25, -0.2) is 15.2 Å². The number of hydrogen-bond acceptors (Lipinski definition) is 9. The number of aromatic nitrogens is 1. The normalized spacial score (nSPS) is 19.1. The molecule has 2 atom stereocenters. The van der Waals surface area contributed by atoms with E-state index in [1.165, 1.54) is 25.3 Å². The molecule has 2 aromatic carbocycles. The first-order valence-corrected chi connectivity index (χ1v) is 13.9. The molecule has 6 N–H and O–H groups in total. The molecule has 1 unspecified atom stereocenters. The second-order valence-corrected chi connectivity index (χ2v) is 10.9. The molecule has 1 amide bonds. The van der Waals surface area contributed by atoms with Crippen LogP contribution < -0.4 is 31.1 Å².